The summed E-state index contributed by atoms with van der Waals surface area (Å²) in [5, 5.41) is 138. The van der Waals surface area contributed by atoms with Gasteiger partial charge in [-0.1, -0.05) is 88.4 Å². The zero-order valence-corrected chi connectivity index (χ0v) is 63.3. The number of carboxylic acids is 2. The van der Waals surface area contributed by atoms with Crippen LogP contribution < -0.4 is 46.5 Å². The summed E-state index contributed by atoms with van der Waals surface area (Å²) in [5.41, 5.74) is 1.80. The van der Waals surface area contributed by atoms with Crippen molar-refractivity contribution in [2.45, 2.75) is 202 Å². The van der Waals surface area contributed by atoms with Crippen LogP contribution in [0.15, 0.2) is 78.9 Å². The number of Topliss-reactive ketones (excluding diaryl/α,β-unsaturated/α-hetero) is 2. The lowest BCUT2D eigenvalue weighted by atomic mass is 9.84. The first-order chi connectivity index (χ1) is 53.0. The summed E-state index contributed by atoms with van der Waals surface area (Å²) in [7, 11) is 0. The van der Waals surface area contributed by atoms with E-state index in [1.54, 1.807) is 13.8 Å². The number of nitrogens with two attached hydrogens (primary N) is 1. The Morgan fingerprint density at radius 3 is 1.98 bits per heavy atom. The lowest BCUT2D eigenvalue weighted by Gasteiger charge is -2.48. The number of fused-ring (bicyclic) bond motifs is 15. The molecular formula is C77H92Cl2N6O27. The molecule has 7 aliphatic heterocycles. The summed E-state index contributed by atoms with van der Waals surface area (Å²) in [4.78, 5) is 130. The largest absolute Gasteiger partial charge is 0.508 e. The number of aliphatic carboxylic acids is 2. The molecular weight excluding hydrogens is 1510 g/mol. The van der Waals surface area contributed by atoms with Crippen molar-refractivity contribution in [1.29, 1.82) is 0 Å². The molecule has 19 atom stereocenters. The Hall–Kier alpha value is -9.33. The highest BCUT2D eigenvalue weighted by Crippen LogP contribution is 2.51. The number of primary amides is 1. The summed E-state index contributed by atoms with van der Waals surface area (Å²) in [6.45, 7) is 9.12. The Kier molecular flexibility index (Phi) is 27.5. The Labute approximate surface area is 651 Å². The molecule has 2 fully saturated rings. The summed E-state index contributed by atoms with van der Waals surface area (Å²) < 4.78 is 44.9. The molecule has 0 spiro atoms. The summed E-state index contributed by atoms with van der Waals surface area (Å²) in [6.07, 6.45) is -19.4. The molecule has 7 heterocycles. The molecule has 5 aromatic carbocycles. The Morgan fingerprint density at radius 2 is 1.38 bits per heavy atom. The van der Waals surface area contributed by atoms with Gasteiger partial charge in [-0.3, -0.25) is 33.6 Å². The number of phenols is 3. The standard InChI is InChI=1S/C77H92Cl2N6O27/c1-7-8-9-10-17-106-54(74(102)103)30-81-77(6)29-57(107-34(5)69(77)97)111-68-66(96)65(95)55(31-86)110-76(68)112-67-52-23-38-24-53(67)109-51-16-13-37(21-45(51)79)64(94)62-73(101)83-60(75(104)105)43-26-40(87)27-47(89)58(43)42-19-35(11-14-46(42)88)41(72(100)85-62)28-49(91)59(38)82-71(99)39(25-56(80)92)22-48(90)61(84-70(98)33(4)18-32(2)3)63(93)36-12-15-50(108-52)44(78)20-36/h11-16,19-21,23-24,26-27,32-34,39,41,54-55,57,59-66,68-69,76,81,86-89,93-97H,7-10,17-18,22,25,28-31H2,1-6H3,(H2,80,92)(H,82,99)(H,83,101)(H,84,98)(H,85,100)(H,102,103)(H,104,105)/t33-,34?,39+,41?,54?,55?,57?,59-,60-,61?,62+,63-,64-,65?,66?,68?,69?,76?,77?/m1/s1. The molecule has 112 heavy (non-hydrogen) atoms. The van der Waals surface area contributed by atoms with Gasteiger partial charge >= 0.3 is 11.9 Å². The molecule has 5 aromatic rings. The SMILES string of the molecule is CCCCCCOC(CNC1(C)CC(OC2C(Oc3c4cc5cc3Oc3ccc(cc3Cl)[C@@H](O)[C@@H]3NC(=O)C(CC(=O)[C@@H]5NC(=O)[C@H](CC(N)=O)CC(=O)C(NC(=O)[C@H](C)CC(C)C)[C@H](O)c5ccc(c(Cl)c5)O4)c4ccc(O)c(c4)-c4c(O)cc(O)cc4[C@H](C(=O)O)NC3=O)OC(CO)C(O)C2O)OC(C)C1O)C(=O)O. The second-order valence-electron chi connectivity index (χ2n) is 29.4. The minimum atomic E-state index is -2.27. The third-order valence-electron chi connectivity index (χ3n) is 20.5. The average molecular weight is 1600 g/mol. The topological polar surface area (TPSA) is 527 Å². The molecule has 0 aliphatic carbocycles. The predicted molar refractivity (Wildman–Crippen MR) is 394 cm³/mol. The number of ether oxygens (including phenoxy) is 7. The second-order valence-corrected chi connectivity index (χ2v) is 30.2. The van der Waals surface area contributed by atoms with Crippen LogP contribution in [0.1, 0.15) is 157 Å². The molecule has 606 valence electrons. The quantitative estimate of drug-likeness (QED) is 0.0413. The number of benzene rings is 5. The number of nitrogens with one attached hydrogen (secondary N) is 5. The van der Waals surface area contributed by atoms with Crippen LogP contribution in [0, 0.1) is 17.8 Å². The summed E-state index contributed by atoms with van der Waals surface area (Å²) in [5.74, 6) is -20.8. The number of amides is 5. The minimum Gasteiger partial charge on any atom is -0.508 e. The smallest absolute Gasteiger partial charge is 0.334 e. The predicted octanol–water partition coefficient (Wildman–Crippen LogP) is 4.81. The highest BCUT2D eigenvalue weighted by atomic mass is 35.5. The first-order valence-corrected chi connectivity index (χ1v) is 37.3. The maximum Gasteiger partial charge on any atom is 0.334 e. The van der Waals surface area contributed by atoms with Gasteiger partial charge in [0.05, 0.1) is 40.7 Å². The molecule has 7 aliphatic rings. The molecule has 33 nitrogen and oxygen atoms in total. The maximum atomic E-state index is 16.3. The van der Waals surface area contributed by atoms with Gasteiger partial charge < -0.3 is 122 Å². The number of carbonyl (C=O) groups is 9. The number of carboxylic acid groups (broad SMARTS) is 2. The van der Waals surface area contributed by atoms with Crippen molar-refractivity contribution in [3.63, 3.8) is 0 Å². The van der Waals surface area contributed by atoms with Crippen LogP contribution in [0.3, 0.4) is 0 Å². The molecule has 12 unspecified atom stereocenters. The first-order valence-electron chi connectivity index (χ1n) is 36.5. The van der Waals surface area contributed by atoms with Crippen LogP contribution in [-0.2, 0) is 62.1 Å². The van der Waals surface area contributed by atoms with Gasteiger partial charge in [0, 0.05) is 73.0 Å². The Morgan fingerprint density at radius 1 is 0.723 bits per heavy atom. The Balaban J connectivity index is 1.19. The number of aliphatic hydroxyl groups excluding tert-OH is 6. The van der Waals surface area contributed by atoms with E-state index in [0.717, 1.165) is 86.0 Å². The van der Waals surface area contributed by atoms with Gasteiger partial charge in [0.15, 0.2) is 47.6 Å². The van der Waals surface area contributed by atoms with E-state index in [-0.39, 0.29) is 53.0 Å². The van der Waals surface area contributed by atoms with Crippen LogP contribution in [0.2, 0.25) is 10.0 Å². The lowest BCUT2D eigenvalue weighted by molar-refractivity contribution is -0.334. The van der Waals surface area contributed by atoms with E-state index in [1.807, 2.05) is 20.8 Å². The van der Waals surface area contributed by atoms with Crippen LogP contribution >= 0.6 is 23.2 Å². The van der Waals surface area contributed by atoms with Crippen molar-refractivity contribution >= 4 is 76.2 Å². The zero-order chi connectivity index (χ0) is 81.6. The van der Waals surface area contributed by atoms with Crippen LogP contribution in [0.4, 0.5) is 0 Å². The summed E-state index contributed by atoms with van der Waals surface area (Å²) in [6, 6.07) is 5.35. The number of aromatic hydroxyl groups is 3. The Bertz CT molecular complexity index is 4380. The first kappa shape index (κ1) is 85.1. The number of hydrogen-bond acceptors (Lipinski definition) is 26. The molecule has 11 bridgehead atoms. The minimum absolute atomic E-state index is 0.0372. The molecule has 0 saturated carbocycles. The molecule has 2 saturated heterocycles. The lowest BCUT2D eigenvalue weighted by Crippen LogP contribution is -2.66. The molecule has 0 radical (unpaired) electrons. The number of unbranched alkanes of at least 4 members (excludes halogenated alkanes) is 3. The van der Waals surface area contributed by atoms with E-state index in [4.69, 9.17) is 62.1 Å². The fraction of sp³-hybridized carbons (Fsp3) is 0.494. The van der Waals surface area contributed by atoms with E-state index in [2.05, 4.69) is 26.6 Å². The fourth-order valence-corrected chi connectivity index (χ4v) is 14.9. The van der Waals surface area contributed by atoms with Gasteiger partial charge in [-0.15, -0.1) is 0 Å². The molecule has 18 N–H and O–H groups in total. The van der Waals surface area contributed by atoms with E-state index < -0.39 is 261 Å². The van der Waals surface area contributed by atoms with Crippen LogP contribution in [-0.4, -0.2) is 202 Å². The van der Waals surface area contributed by atoms with E-state index >= 15 is 14.4 Å². The monoisotopic (exact) mass is 1600 g/mol. The van der Waals surface area contributed by atoms with Crippen molar-refractivity contribution in [3.8, 4) is 57.1 Å². The van der Waals surface area contributed by atoms with E-state index in [0.29, 0.717) is 12.8 Å². The van der Waals surface area contributed by atoms with Gasteiger partial charge in [0.2, 0.25) is 41.6 Å². The average Bonchev–Trinajstić information content (AvgIpc) is 0.767. The zero-order valence-electron chi connectivity index (χ0n) is 61.7. The van der Waals surface area contributed by atoms with Gasteiger partial charge in [0.1, 0.15) is 77.4 Å². The summed E-state index contributed by atoms with van der Waals surface area (Å²) >= 11 is 14.3. The maximum absolute atomic E-state index is 16.3. The van der Waals surface area contributed by atoms with Crippen LogP contribution in [0.25, 0.3) is 11.1 Å². The van der Waals surface area contributed by atoms with Crippen molar-refractivity contribution in [2.24, 2.45) is 23.5 Å². The molecule has 5 amide bonds. The molecule has 0 aromatic heterocycles. The fourth-order valence-electron chi connectivity index (χ4n) is 14.5. The van der Waals surface area contributed by atoms with Crippen LogP contribution in [0.5, 0.6) is 46.0 Å². The van der Waals surface area contributed by atoms with E-state index in [1.165, 1.54) is 19.1 Å². The molecule has 35 heteroatoms. The number of hydrogen-bond donors (Lipinski definition) is 17. The number of carbonyl (C=O) groups excluding carboxylic acids is 7. The van der Waals surface area contributed by atoms with Gasteiger partial charge in [-0.2, -0.15) is 0 Å². The third-order valence-corrected chi connectivity index (χ3v) is 21.1. The normalized spacial score (nSPS) is 28.1. The number of rotatable bonds is 22. The second kappa shape index (κ2) is 36.2. The third kappa shape index (κ3) is 19.3. The highest BCUT2D eigenvalue weighted by molar-refractivity contribution is 6.32. The molecule has 12 rings (SSSR count). The number of halogens is 2. The van der Waals surface area contributed by atoms with Gasteiger partial charge in [0.25, 0.3) is 0 Å². The van der Waals surface area contributed by atoms with Crippen molar-refractivity contribution in [1.82, 2.24) is 26.6 Å². The van der Waals surface area contributed by atoms with Crippen molar-refractivity contribution in [2.75, 3.05) is 19.8 Å². The van der Waals surface area contributed by atoms with Crippen molar-refractivity contribution in [3.05, 3.63) is 117 Å². The number of ketones is 2. The van der Waals surface area contributed by atoms with E-state index in [9.17, 15) is 84.9 Å². The van der Waals surface area contributed by atoms with Gasteiger partial charge in [-0.25, -0.2) is 9.59 Å². The van der Waals surface area contributed by atoms with Crippen molar-refractivity contribution < 1.29 is 132 Å². The number of phenolic OH excluding ortho intramolecular Hbond substituents is 3. The number of aliphatic hydroxyl groups is 6. The van der Waals surface area contributed by atoms with Gasteiger partial charge in [-0.05, 0) is 109 Å². The highest BCUT2D eigenvalue weighted by Gasteiger charge is 2.52.